The fraction of sp³-hybridized carbons (Fsp3) is 0.500. The number of carbonyl (C=O) groups is 2. The summed E-state index contributed by atoms with van der Waals surface area (Å²) in [5.41, 5.74) is 1.02. The van der Waals surface area contributed by atoms with E-state index in [2.05, 4.69) is 5.32 Å². The van der Waals surface area contributed by atoms with Gasteiger partial charge in [-0.25, -0.2) is 0 Å². The number of amides is 1. The average Bonchev–Trinajstić information content (AvgIpc) is 2.40. The van der Waals surface area contributed by atoms with Crippen molar-refractivity contribution in [3.63, 3.8) is 0 Å². The minimum absolute atomic E-state index is 0.0222. The molecule has 0 radical (unpaired) electrons. The number of rotatable bonds is 8. The molecule has 0 spiro atoms. The largest absolute Gasteiger partial charge is 0.493 e. The smallest absolute Gasteiger partial charge is 0.308 e. The molecule has 2 N–H and O–H groups in total. The number of carbonyl (C=O) groups excluding carboxylic acids is 1. The van der Waals surface area contributed by atoms with E-state index in [-0.39, 0.29) is 31.4 Å². The lowest BCUT2D eigenvalue weighted by molar-refractivity contribution is -0.143. The van der Waals surface area contributed by atoms with Crippen LogP contribution in [0.15, 0.2) is 24.3 Å². The molecule has 1 amide bonds. The van der Waals surface area contributed by atoms with Crippen LogP contribution in [0.5, 0.6) is 5.75 Å². The topological polar surface area (TPSA) is 75.6 Å². The van der Waals surface area contributed by atoms with Crippen molar-refractivity contribution in [1.29, 1.82) is 0 Å². The number of para-hydroxylation sites is 1. The zero-order valence-electron chi connectivity index (χ0n) is 12.8. The minimum atomic E-state index is -0.888. The van der Waals surface area contributed by atoms with Gasteiger partial charge in [0.15, 0.2) is 0 Å². The Morgan fingerprint density at radius 2 is 1.95 bits per heavy atom. The van der Waals surface area contributed by atoms with Gasteiger partial charge in [-0.15, -0.1) is 0 Å². The third-order valence-corrected chi connectivity index (χ3v) is 3.32. The van der Waals surface area contributed by atoms with Gasteiger partial charge < -0.3 is 15.2 Å². The Kier molecular flexibility index (Phi) is 6.72. The van der Waals surface area contributed by atoms with Gasteiger partial charge in [0, 0.05) is 6.54 Å². The molecule has 0 fully saturated rings. The lowest BCUT2D eigenvalue weighted by Gasteiger charge is -2.16. The van der Waals surface area contributed by atoms with Crippen molar-refractivity contribution in [2.45, 2.75) is 27.2 Å². The van der Waals surface area contributed by atoms with E-state index in [0.29, 0.717) is 0 Å². The minimum Gasteiger partial charge on any atom is -0.493 e. The number of nitrogens with one attached hydrogen (secondary N) is 1. The van der Waals surface area contributed by atoms with Gasteiger partial charge in [0.1, 0.15) is 5.75 Å². The molecule has 1 aromatic rings. The van der Waals surface area contributed by atoms with Gasteiger partial charge in [-0.1, -0.05) is 32.0 Å². The normalized spacial score (nSPS) is 12.0. The summed E-state index contributed by atoms with van der Waals surface area (Å²) in [6.07, 6.45) is 0.207. The average molecular weight is 293 g/mol. The first-order valence-electron chi connectivity index (χ1n) is 7.09. The van der Waals surface area contributed by atoms with Crippen LogP contribution in [0.4, 0.5) is 0 Å². The summed E-state index contributed by atoms with van der Waals surface area (Å²) in [5.74, 6) is -0.912. The molecule has 1 atom stereocenters. The highest BCUT2D eigenvalue weighted by Crippen LogP contribution is 2.16. The molecule has 1 rings (SSSR count). The first kappa shape index (κ1) is 17.0. The lowest BCUT2D eigenvalue weighted by Crippen LogP contribution is -2.36. The van der Waals surface area contributed by atoms with Crippen LogP contribution < -0.4 is 10.1 Å². The van der Waals surface area contributed by atoms with Gasteiger partial charge in [-0.05, 0) is 24.5 Å². The summed E-state index contributed by atoms with van der Waals surface area (Å²) in [4.78, 5) is 22.7. The Morgan fingerprint density at radius 1 is 1.29 bits per heavy atom. The van der Waals surface area contributed by atoms with Crippen LogP contribution in [0.1, 0.15) is 25.8 Å². The molecule has 0 aliphatic rings. The second kappa shape index (κ2) is 8.29. The summed E-state index contributed by atoms with van der Waals surface area (Å²) < 4.78 is 5.53. The highest BCUT2D eigenvalue weighted by Gasteiger charge is 2.21. The maximum absolute atomic E-state index is 11.7. The molecule has 1 unspecified atom stereocenters. The highest BCUT2D eigenvalue weighted by atomic mass is 16.5. The van der Waals surface area contributed by atoms with Crippen LogP contribution in [-0.2, 0) is 9.59 Å². The molecule has 0 aliphatic carbocycles. The predicted octanol–water partition coefficient (Wildman–Crippen LogP) is 2.24. The molecule has 0 heterocycles. The molecular weight excluding hydrogens is 270 g/mol. The number of carboxylic acids is 1. The Morgan fingerprint density at radius 3 is 2.52 bits per heavy atom. The summed E-state index contributed by atoms with van der Waals surface area (Å²) in [6, 6.07) is 7.59. The number of carboxylic acid groups (broad SMARTS) is 1. The van der Waals surface area contributed by atoms with Gasteiger partial charge in [-0.2, -0.15) is 0 Å². The van der Waals surface area contributed by atoms with Crippen molar-refractivity contribution in [1.82, 2.24) is 5.32 Å². The third kappa shape index (κ3) is 5.85. The number of benzene rings is 1. The van der Waals surface area contributed by atoms with E-state index >= 15 is 0 Å². The van der Waals surface area contributed by atoms with Crippen LogP contribution in [0.2, 0.25) is 0 Å². The lowest BCUT2D eigenvalue weighted by atomic mass is 9.96. The number of hydrogen-bond acceptors (Lipinski definition) is 3. The Labute approximate surface area is 125 Å². The van der Waals surface area contributed by atoms with E-state index in [1.807, 2.05) is 45.0 Å². The summed E-state index contributed by atoms with van der Waals surface area (Å²) in [6.45, 7) is 6.01. The Hall–Kier alpha value is -2.04. The second-order valence-corrected chi connectivity index (χ2v) is 5.36. The van der Waals surface area contributed by atoms with Crippen molar-refractivity contribution >= 4 is 11.9 Å². The van der Waals surface area contributed by atoms with E-state index in [4.69, 9.17) is 9.84 Å². The molecule has 0 aromatic heterocycles. The molecule has 116 valence electrons. The van der Waals surface area contributed by atoms with Gasteiger partial charge in [0.2, 0.25) is 5.91 Å². The van der Waals surface area contributed by atoms with Gasteiger partial charge >= 0.3 is 5.97 Å². The van der Waals surface area contributed by atoms with E-state index in [0.717, 1.165) is 11.3 Å². The van der Waals surface area contributed by atoms with Gasteiger partial charge in [0.25, 0.3) is 0 Å². The predicted molar refractivity (Wildman–Crippen MR) is 80.3 cm³/mol. The molecule has 0 bridgehead atoms. The molecule has 0 saturated heterocycles. The fourth-order valence-electron chi connectivity index (χ4n) is 1.89. The second-order valence-electron chi connectivity index (χ2n) is 5.36. The third-order valence-electron chi connectivity index (χ3n) is 3.32. The molecule has 5 nitrogen and oxygen atoms in total. The monoisotopic (exact) mass is 293 g/mol. The maximum atomic E-state index is 11.7. The number of aliphatic carboxylic acids is 1. The molecule has 0 saturated carbocycles. The van der Waals surface area contributed by atoms with Crippen LogP contribution >= 0.6 is 0 Å². The van der Waals surface area contributed by atoms with E-state index in [1.165, 1.54) is 0 Å². The van der Waals surface area contributed by atoms with Gasteiger partial charge in [-0.3, -0.25) is 9.59 Å². The van der Waals surface area contributed by atoms with Crippen LogP contribution in [0.3, 0.4) is 0 Å². The number of hydrogen-bond donors (Lipinski definition) is 2. The van der Waals surface area contributed by atoms with Crippen molar-refractivity contribution in [3.8, 4) is 5.75 Å². The fourth-order valence-corrected chi connectivity index (χ4v) is 1.89. The van der Waals surface area contributed by atoms with Crippen molar-refractivity contribution in [2.24, 2.45) is 11.8 Å². The first-order valence-corrected chi connectivity index (χ1v) is 7.09. The van der Waals surface area contributed by atoms with Gasteiger partial charge in [0.05, 0.1) is 18.9 Å². The SMILES string of the molecule is Cc1ccccc1OCCC(=O)NCC(C(=O)O)C(C)C. The Bertz CT molecular complexity index is 485. The van der Waals surface area contributed by atoms with Crippen molar-refractivity contribution < 1.29 is 19.4 Å². The van der Waals surface area contributed by atoms with E-state index in [1.54, 1.807) is 0 Å². The molecule has 5 heteroatoms. The Balaban J connectivity index is 2.31. The van der Waals surface area contributed by atoms with Crippen molar-refractivity contribution in [3.05, 3.63) is 29.8 Å². The molecular formula is C16H23NO4. The van der Waals surface area contributed by atoms with Crippen molar-refractivity contribution in [2.75, 3.05) is 13.2 Å². The van der Waals surface area contributed by atoms with Crippen LogP contribution in [0, 0.1) is 18.8 Å². The molecule has 0 aliphatic heterocycles. The highest BCUT2D eigenvalue weighted by molar-refractivity contribution is 5.77. The summed E-state index contributed by atoms with van der Waals surface area (Å²) in [5, 5.41) is 11.7. The zero-order valence-corrected chi connectivity index (χ0v) is 12.8. The van der Waals surface area contributed by atoms with Crippen LogP contribution in [-0.4, -0.2) is 30.1 Å². The summed E-state index contributed by atoms with van der Waals surface area (Å²) in [7, 11) is 0. The summed E-state index contributed by atoms with van der Waals surface area (Å²) >= 11 is 0. The zero-order chi connectivity index (χ0) is 15.8. The van der Waals surface area contributed by atoms with Crippen LogP contribution in [0.25, 0.3) is 0 Å². The maximum Gasteiger partial charge on any atom is 0.308 e. The molecule has 21 heavy (non-hydrogen) atoms. The quantitative estimate of drug-likeness (QED) is 0.770. The molecule has 1 aromatic carbocycles. The van der Waals surface area contributed by atoms with E-state index < -0.39 is 11.9 Å². The van der Waals surface area contributed by atoms with E-state index in [9.17, 15) is 9.59 Å². The number of ether oxygens (including phenoxy) is 1. The first-order chi connectivity index (χ1) is 9.91. The number of aryl methyl sites for hydroxylation is 1. The standard InChI is InChI=1S/C16H23NO4/c1-11(2)13(16(19)20)10-17-15(18)8-9-21-14-7-5-4-6-12(14)3/h4-7,11,13H,8-10H2,1-3H3,(H,17,18)(H,19,20).